The Bertz CT molecular complexity index is 1120. The Balaban J connectivity index is 1.67. The summed E-state index contributed by atoms with van der Waals surface area (Å²) in [7, 11) is 1.55. The number of thiazole rings is 1. The van der Waals surface area contributed by atoms with Gasteiger partial charge in [-0.3, -0.25) is 0 Å². The first-order valence-corrected chi connectivity index (χ1v) is 9.54. The number of hydrogen-bond acceptors (Lipinski definition) is 5. The van der Waals surface area contributed by atoms with Gasteiger partial charge in [0.15, 0.2) is 11.5 Å². The first-order chi connectivity index (χ1) is 13.7. The highest BCUT2D eigenvalue weighted by molar-refractivity contribution is 7.21. The van der Waals surface area contributed by atoms with E-state index < -0.39 is 5.97 Å². The molecule has 4 aromatic rings. The first-order valence-electron chi connectivity index (χ1n) is 8.72. The van der Waals surface area contributed by atoms with E-state index >= 15 is 0 Å². The summed E-state index contributed by atoms with van der Waals surface area (Å²) in [5.74, 6) is 0.376. The van der Waals surface area contributed by atoms with Crippen molar-refractivity contribution in [1.82, 2.24) is 4.98 Å². The van der Waals surface area contributed by atoms with Gasteiger partial charge in [0.25, 0.3) is 0 Å². The Morgan fingerprint density at radius 3 is 2.54 bits per heavy atom. The molecule has 0 aliphatic rings. The highest BCUT2D eigenvalue weighted by atomic mass is 32.1. The van der Waals surface area contributed by atoms with Crippen LogP contribution < -0.4 is 9.47 Å². The Kier molecular flexibility index (Phi) is 5.17. The number of hydrogen-bond donors (Lipinski definition) is 0. The second kappa shape index (κ2) is 8.06. The predicted molar refractivity (Wildman–Crippen MR) is 113 cm³/mol. The number of methoxy groups -OCH3 is 1. The summed E-state index contributed by atoms with van der Waals surface area (Å²) in [4.78, 5) is 17.1. The lowest BCUT2D eigenvalue weighted by molar-refractivity contribution is -0.128. The van der Waals surface area contributed by atoms with Crippen molar-refractivity contribution in [1.29, 1.82) is 0 Å². The molecule has 0 fully saturated rings. The van der Waals surface area contributed by atoms with Gasteiger partial charge in [-0.1, -0.05) is 48.5 Å². The molecule has 0 radical (unpaired) electrons. The monoisotopic (exact) mass is 387 g/mol. The lowest BCUT2D eigenvalue weighted by Crippen LogP contribution is -2.06. The molecule has 4 rings (SSSR count). The molecule has 1 aromatic heterocycles. The zero-order valence-corrected chi connectivity index (χ0v) is 16.0. The van der Waals surface area contributed by atoms with Crippen molar-refractivity contribution in [2.24, 2.45) is 0 Å². The minimum Gasteiger partial charge on any atom is -0.493 e. The second-order valence-corrected chi connectivity index (χ2v) is 7.02. The average Bonchev–Trinajstić information content (AvgIpc) is 3.17. The van der Waals surface area contributed by atoms with Crippen LogP contribution >= 0.6 is 11.3 Å². The van der Waals surface area contributed by atoms with Crippen molar-refractivity contribution in [3.05, 3.63) is 84.4 Å². The van der Waals surface area contributed by atoms with E-state index in [1.54, 1.807) is 30.6 Å². The van der Waals surface area contributed by atoms with Crippen molar-refractivity contribution in [3.8, 4) is 22.1 Å². The summed E-state index contributed by atoms with van der Waals surface area (Å²) in [6.45, 7) is 0. The van der Waals surface area contributed by atoms with Gasteiger partial charge < -0.3 is 9.47 Å². The molecule has 1 heterocycles. The minimum absolute atomic E-state index is 0.367. The van der Waals surface area contributed by atoms with Gasteiger partial charge in [0.1, 0.15) is 5.01 Å². The summed E-state index contributed by atoms with van der Waals surface area (Å²) < 4.78 is 12.1. The van der Waals surface area contributed by atoms with E-state index in [1.165, 1.54) is 6.08 Å². The van der Waals surface area contributed by atoms with E-state index in [-0.39, 0.29) is 0 Å². The van der Waals surface area contributed by atoms with Crippen molar-refractivity contribution in [2.75, 3.05) is 7.11 Å². The van der Waals surface area contributed by atoms with Gasteiger partial charge in [0, 0.05) is 6.08 Å². The molecule has 28 heavy (non-hydrogen) atoms. The maximum absolute atomic E-state index is 12.4. The molecule has 3 aromatic carbocycles. The number of ether oxygens (including phenoxy) is 2. The third-order valence-corrected chi connectivity index (χ3v) is 5.21. The molecule has 0 N–H and O–H groups in total. The summed E-state index contributed by atoms with van der Waals surface area (Å²) in [5.41, 5.74) is 2.56. The average molecular weight is 387 g/mol. The van der Waals surface area contributed by atoms with E-state index in [2.05, 4.69) is 4.98 Å². The number of carbonyl (C=O) groups is 1. The highest BCUT2D eigenvalue weighted by Gasteiger charge is 2.18. The first kappa shape index (κ1) is 17.9. The lowest BCUT2D eigenvalue weighted by atomic mass is 10.2. The number of nitrogens with zero attached hydrogens (tertiary/aromatic N) is 1. The van der Waals surface area contributed by atoms with Crippen molar-refractivity contribution in [2.45, 2.75) is 0 Å². The van der Waals surface area contributed by atoms with Gasteiger partial charge in [0.2, 0.25) is 0 Å². The fraction of sp³-hybridized carbons (Fsp3) is 0.0435. The van der Waals surface area contributed by atoms with Crippen LogP contribution in [0.4, 0.5) is 0 Å². The normalized spacial score (nSPS) is 11.0. The number of para-hydroxylation sites is 2. The predicted octanol–water partition coefficient (Wildman–Crippen LogP) is 5.59. The molecule has 0 aliphatic heterocycles. The third kappa shape index (κ3) is 3.80. The van der Waals surface area contributed by atoms with Crippen LogP contribution in [0, 0.1) is 0 Å². The fourth-order valence-electron chi connectivity index (χ4n) is 2.80. The third-order valence-electron chi connectivity index (χ3n) is 4.14. The van der Waals surface area contributed by atoms with Crippen LogP contribution in [0.25, 0.3) is 26.9 Å². The molecule has 0 aliphatic carbocycles. The highest BCUT2D eigenvalue weighted by Crippen LogP contribution is 2.41. The van der Waals surface area contributed by atoms with Gasteiger partial charge in [-0.05, 0) is 35.9 Å². The largest absolute Gasteiger partial charge is 0.493 e. The number of fused-ring (bicyclic) bond motifs is 1. The van der Waals surface area contributed by atoms with Crippen molar-refractivity contribution >= 4 is 33.6 Å². The van der Waals surface area contributed by atoms with E-state index in [0.29, 0.717) is 11.5 Å². The van der Waals surface area contributed by atoms with E-state index in [9.17, 15) is 4.79 Å². The SMILES string of the molecule is COc1cccc(-c2nc3ccccc3s2)c1OC(=O)C=Cc1ccccc1. The molecule has 0 unspecified atom stereocenters. The number of esters is 1. The van der Waals surface area contributed by atoms with Crippen LogP contribution in [0.2, 0.25) is 0 Å². The Morgan fingerprint density at radius 1 is 0.964 bits per heavy atom. The van der Waals surface area contributed by atoms with E-state index in [1.807, 2.05) is 66.7 Å². The lowest BCUT2D eigenvalue weighted by Gasteiger charge is -2.11. The standard InChI is InChI=1S/C23H17NO3S/c1-26-19-12-7-10-17(23-24-18-11-5-6-13-20(18)28-23)22(19)27-21(25)15-14-16-8-3-2-4-9-16/h2-15H,1H3. The Hall–Kier alpha value is -3.44. The summed E-state index contributed by atoms with van der Waals surface area (Å²) >= 11 is 1.55. The number of benzene rings is 3. The van der Waals surface area contributed by atoms with Crippen LogP contribution in [-0.2, 0) is 4.79 Å². The topological polar surface area (TPSA) is 48.4 Å². The maximum Gasteiger partial charge on any atom is 0.336 e. The minimum atomic E-state index is -0.476. The molecule has 0 atom stereocenters. The van der Waals surface area contributed by atoms with Crippen molar-refractivity contribution in [3.63, 3.8) is 0 Å². The van der Waals surface area contributed by atoms with Gasteiger partial charge in [-0.25, -0.2) is 9.78 Å². The number of aromatic nitrogens is 1. The molecule has 0 spiro atoms. The van der Waals surface area contributed by atoms with E-state index in [0.717, 1.165) is 26.4 Å². The van der Waals surface area contributed by atoms with Crippen LogP contribution in [0.3, 0.4) is 0 Å². The molecule has 0 amide bonds. The molecule has 5 heteroatoms. The second-order valence-electron chi connectivity index (χ2n) is 5.99. The molecular weight excluding hydrogens is 370 g/mol. The molecular formula is C23H17NO3S. The molecule has 0 saturated carbocycles. The smallest absolute Gasteiger partial charge is 0.336 e. The molecule has 4 nitrogen and oxygen atoms in total. The maximum atomic E-state index is 12.4. The molecule has 0 bridgehead atoms. The fourth-order valence-corrected chi connectivity index (χ4v) is 3.79. The quantitative estimate of drug-likeness (QED) is 0.254. The number of rotatable bonds is 5. The van der Waals surface area contributed by atoms with Crippen molar-refractivity contribution < 1.29 is 14.3 Å². The summed E-state index contributed by atoms with van der Waals surface area (Å²) in [6.07, 6.45) is 3.12. The molecule has 138 valence electrons. The molecule has 0 saturated heterocycles. The van der Waals surface area contributed by atoms with Crippen LogP contribution in [0.1, 0.15) is 5.56 Å². The Morgan fingerprint density at radius 2 is 1.75 bits per heavy atom. The van der Waals surface area contributed by atoms with Crippen LogP contribution in [0.15, 0.2) is 78.9 Å². The summed E-state index contributed by atoms with van der Waals surface area (Å²) in [6, 6.07) is 23.0. The van der Waals surface area contributed by atoms with Gasteiger partial charge >= 0.3 is 5.97 Å². The van der Waals surface area contributed by atoms with Crippen LogP contribution in [0.5, 0.6) is 11.5 Å². The Labute approximate surface area is 166 Å². The summed E-state index contributed by atoms with van der Waals surface area (Å²) in [5, 5.41) is 0.773. The number of carbonyl (C=O) groups excluding carboxylic acids is 1. The van der Waals surface area contributed by atoms with Gasteiger partial charge in [-0.15, -0.1) is 11.3 Å². The van der Waals surface area contributed by atoms with Crippen LogP contribution in [-0.4, -0.2) is 18.1 Å². The van der Waals surface area contributed by atoms with E-state index in [4.69, 9.17) is 9.47 Å². The van der Waals surface area contributed by atoms with Gasteiger partial charge in [0.05, 0.1) is 22.9 Å². The van der Waals surface area contributed by atoms with Gasteiger partial charge in [-0.2, -0.15) is 0 Å². The zero-order chi connectivity index (χ0) is 19.3. The zero-order valence-electron chi connectivity index (χ0n) is 15.2.